The van der Waals surface area contributed by atoms with Crippen molar-refractivity contribution in [2.24, 2.45) is 5.92 Å². The number of hydrogen-bond donors (Lipinski definition) is 1. The van der Waals surface area contributed by atoms with Gasteiger partial charge >= 0.3 is 5.97 Å². The van der Waals surface area contributed by atoms with Crippen LogP contribution in [0.25, 0.3) is 0 Å². The molecule has 0 aliphatic heterocycles. The summed E-state index contributed by atoms with van der Waals surface area (Å²) >= 11 is 0. The molecule has 0 rings (SSSR count). The molecule has 0 aromatic heterocycles. The molecule has 72 valence electrons. The van der Waals surface area contributed by atoms with Crippen LogP contribution in [0.5, 0.6) is 0 Å². The molecule has 3 heteroatoms. The van der Waals surface area contributed by atoms with Crippen LogP contribution in [0.15, 0.2) is 0 Å². The van der Waals surface area contributed by atoms with Gasteiger partial charge in [-0.2, -0.15) is 0 Å². The molecule has 0 saturated heterocycles. The van der Waals surface area contributed by atoms with Gasteiger partial charge < -0.3 is 9.84 Å². The van der Waals surface area contributed by atoms with Gasteiger partial charge in [0.2, 0.25) is 0 Å². The standard InChI is InChI=1S/C9H18O3/c1-4-7(2)5-8(12-3)6-9(10)11/h7-8H,4-6H2,1-3H3,(H,10,11)/t7-,8-/m0/s1. The molecule has 0 aromatic rings. The first-order chi connectivity index (χ1) is 5.60. The first-order valence-corrected chi connectivity index (χ1v) is 4.34. The Morgan fingerprint density at radius 1 is 1.58 bits per heavy atom. The van der Waals surface area contributed by atoms with E-state index in [9.17, 15) is 4.79 Å². The van der Waals surface area contributed by atoms with Gasteiger partial charge in [0.05, 0.1) is 12.5 Å². The van der Waals surface area contributed by atoms with Crippen molar-refractivity contribution in [3.05, 3.63) is 0 Å². The fraction of sp³-hybridized carbons (Fsp3) is 0.889. The molecule has 0 saturated carbocycles. The van der Waals surface area contributed by atoms with Crippen molar-refractivity contribution in [1.82, 2.24) is 0 Å². The first kappa shape index (κ1) is 11.4. The van der Waals surface area contributed by atoms with Gasteiger partial charge in [0, 0.05) is 7.11 Å². The zero-order chi connectivity index (χ0) is 9.56. The third kappa shape index (κ3) is 5.13. The summed E-state index contributed by atoms with van der Waals surface area (Å²) in [5, 5.41) is 8.52. The summed E-state index contributed by atoms with van der Waals surface area (Å²) in [6.07, 6.45) is 1.89. The lowest BCUT2D eigenvalue weighted by atomic mass is 9.99. The summed E-state index contributed by atoms with van der Waals surface area (Å²) in [7, 11) is 1.57. The molecule has 0 aliphatic carbocycles. The van der Waals surface area contributed by atoms with Gasteiger partial charge in [-0.15, -0.1) is 0 Å². The van der Waals surface area contributed by atoms with Crippen molar-refractivity contribution in [2.75, 3.05) is 7.11 Å². The number of carbonyl (C=O) groups is 1. The van der Waals surface area contributed by atoms with E-state index < -0.39 is 5.97 Å². The van der Waals surface area contributed by atoms with E-state index in [1.165, 1.54) is 0 Å². The molecular formula is C9H18O3. The van der Waals surface area contributed by atoms with Crippen LogP contribution in [0, 0.1) is 5.92 Å². The molecule has 2 atom stereocenters. The third-order valence-corrected chi connectivity index (χ3v) is 2.10. The fourth-order valence-electron chi connectivity index (χ4n) is 1.07. The van der Waals surface area contributed by atoms with Crippen molar-refractivity contribution >= 4 is 5.97 Å². The third-order valence-electron chi connectivity index (χ3n) is 2.10. The second-order valence-corrected chi connectivity index (χ2v) is 3.20. The van der Waals surface area contributed by atoms with Gasteiger partial charge in [-0.25, -0.2) is 0 Å². The number of methoxy groups -OCH3 is 1. The van der Waals surface area contributed by atoms with Crippen LogP contribution >= 0.6 is 0 Å². The van der Waals surface area contributed by atoms with Crippen LogP contribution in [-0.2, 0) is 9.53 Å². The van der Waals surface area contributed by atoms with E-state index in [1.54, 1.807) is 7.11 Å². The van der Waals surface area contributed by atoms with E-state index in [-0.39, 0.29) is 12.5 Å². The quantitative estimate of drug-likeness (QED) is 0.669. The second-order valence-electron chi connectivity index (χ2n) is 3.20. The van der Waals surface area contributed by atoms with Crippen LogP contribution in [0.1, 0.15) is 33.1 Å². The second kappa shape index (κ2) is 6.00. The Morgan fingerprint density at radius 2 is 2.17 bits per heavy atom. The van der Waals surface area contributed by atoms with Crippen molar-refractivity contribution in [3.63, 3.8) is 0 Å². The molecule has 0 heterocycles. The number of rotatable bonds is 6. The largest absolute Gasteiger partial charge is 0.481 e. The Labute approximate surface area is 73.7 Å². The molecule has 12 heavy (non-hydrogen) atoms. The maximum Gasteiger partial charge on any atom is 0.305 e. The van der Waals surface area contributed by atoms with Crippen molar-refractivity contribution < 1.29 is 14.6 Å². The van der Waals surface area contributed by atoms with Gasteiger partial charge in [0.1, 0.15) is 0 Å². The summed E-state index contributed by atoms with van der Waals surface area (Å²) < 4.78 is 5.05. The lowest BCUT2D eigenvalue weighted by Crippen LogP contribution is -2.18. The Hall–Kier alpha value is -0.570. The molecule has 0 unspecified atom stereocenters. The minimum atomic E-state index is -0.787. The SMILES string of the molecule is CC[C@H](C)C[C@@H](CC(=O)O)OC. The first-order valence-electron chi connectivity index (χ1n) is 4.34. The highest BCUT2D eigenvalue weighted by Gasteiger charge is 2.14. The minimum Gasteiger partial charge on any atom is -0.481 e. The molecule has 0 aliphatic rings. The minimum absolute atomic E-state index is 0.112. The van der Waals surface area contributed by atoms with E-state index in [0.717, 1.165) is 12.8 Å². The number of carboxylic acid groups (broad SMARTS) is 1. The maximum absolute atomic E-state index is 10.4. The van der Waals surface area contributed by atoms with Crippen LogP contribution in [-0.4, -0.2) is 24.3 Å². The maximum atomic E-state index is 10.4. The summed E-state index contributed by atoms with van der Waals surface area (Å²) in [5.41, 5.74) is 0. The van der Waals surface area contributed by atoms with Gasteiger partial charge in [-0.05, 0) is 12.3 Å². The fourth-order valence-corrected chi connectivity index (χ4v) is 1.07. The summed E-state index contributed by atoms with van der Waals surface area (Å²) in [6, 6.07) is 0. The van der Waals surface area contributed by atoms with Gasteiger partial charge in [0.15, 0.2) is 0 Å². The zero-order valence-corrected chi connectivity index (χ0v) is 8.04. The average molecular weight is 174 g/mol. The highest BCUT2D eigenvalue weighted by Crippen LogP contribution is 2.14. The monoisotopic (exact) mass is 174 g/mol. The molecule has 1 N–H and O–H groups in total. The van der Waals surface area contributed by atoms with E-state index in [0.29, 0.717) is 5.92 Å². The molecule has 3 nitrogen and oxygen atoms in total. The van der Waals surface area contributed by atoms with Crippen molar-refractivity contribution in [1.29, 1.82) is 0 Å². The Balaban J connectivity index is 3.74. The molecule has 0 aromatic carbocycles. The van der Waals surface area contributed by atoms with Crippen LogP contribution in [0.2, 0.25) is 0 Å². The van der Waals surface area contributed by atoms with Crippen LogP contribution in [0.4, 0.5) is 0 Å². The van der Waals surface area contributed by atoms with Gasteiger partial charge in [0.25, 0.3) is 0 Å². The van der Waals surface area contributed by atoms with E-state index >= 15 is 0 Å². The van der Waals surface area contributed by atoms with Gasteiger partial charge in [-0.3, -0.25) is 4.79 Å². The molecule has 0 amide bonds. The smallest absolute Gasteiger partial charge is 0.305 e. The van der Waals surface area contributed by atoms with Crippen molar-refractivity contribution in [3.8, 4) is 0 Å². The molecule has 0 radical (unpaired) electrons. The summed E-state index contributed by atoms with van der Waals surface area (Å²) in [4.78, 5) is 10.4. The highest BCUT2D eigenvalue weighted by molar-refractivity contribution is 5.67. The molecule has 0 bridgehead atoms. The number of carboxylic acids is 1. The number of aliphatic carboxylic acids is 1. The number of hydrogen-bond acceptors (Lipinski definition) is 2. The summed E-state index contributed by atoms with van der Waals surface area (Å²) in [5.74, 6) is -0.251. The predicted molar refractivity (Wildman–Crippen MR) is 47.1 cm³/mol. The van der Waals surface area contributed by atoms with E-state index in [4.69, 9.17) is 9.84 Å². The Morgan fingerprint density at radius 3 is 2.50 bits per heavy atom. The lowest BCUT2D eigenvalue weighted by molar-refractivity contribution is -0.140. The van der Waals surface area contributed by atoms with Crippen molar-refractivity contribution in [2.45, 2.75) is 39.2 Å². The van der Waals surface area contributed by atoms with E-state index in [1.807, 2.05) is 0 Å². The van der Waals surface area contributed by atoms with Crippen LogP contribution < -0.4 is 0 Å². The molecule has 0 fully saturated rings. The number of ether oxygens (including phenoxy) is 1. The Bertz CT molecular complexity index is 134. The normalized spacial score (nSPS) is 15.6. The molecular weight excluding hydrogens is 156 g/mol. The topological polar surface area (TPSA) is 46.5 Å². The zero-order valence-electron chi connectivity index (χ0n) is 8.04. The molecule has 0 spiro atoms. The van der Waals surface area contributed by atoms with Crippen LogP contribution in [0.3, 0.4) is 0 Å². The average Bonchev–Trinajstić information content (AvgIpc) is 2.02. The van der Waals surface area contributed by atoms with E-state index in [2.05, 4.69) is 13.8 Å². The Kier molecular flexibility index (Phi) is 5.72. The van der Waals surface area contributed by atoms with Gasteiger partial charge in [-0.1, -0.05) is 20.3 Å². The summed E-state index contributed by atoms with van der Waals surface area (Å²) in [6.45, 7) is 4.20. The lowest BCUT2D eigenvalue weighted by Gasteiger charge is -2.16. The highest BCUT2D eigenvalue weighted by atomic mass is 16.5. The predicted octanol–water partition coefficient (Wildman–Crippen LogP) is 1.91.